The highest BCUT2D eigenvalue weighted by atomic mass is 15.5. The molecule has 0 aliphatic heterocycles. The maximum Gasteiger partial charge on any atom is 0.170 e. The quantitative estimate of drug-likeness (QED) is 0.871. The molecule has 18 heavy (non-hydrogen) atoms. The standard InChI is InChI=1S/C13H19N5/c1-4-11-6-5-7-12(8-11)18-13(15-16-17-18)9-14-10(2)3/h5-8,10,14H,4,9H2,1-3H3. The molecule has 1 heterocycles. The summed E-state index contributed by atoms with van der Waals surface area (Å²) in [4.78, 5) is 0. The van der Waals surface area contributed by atoms with Gasteiger partial charge in [-0.1, -0.05) is 32.9 Å². The summed E-state index contributed by atoms with van der Waals surface area (Å²) in [6.45, 7) is 7.01. The molecule has 0 spiro atoms. The van der Waals surface area contributed by atoms with Crippen LogP contribution >= 0.6 is 0 Å². The minimum absolute atomic E-state index is 0.414. The first-order chi connectivity index (χ1) is 8.70. The van der Waals surface area contributed by atoms with E-state index in [9.17, 15) is 0 Å². The zero-order valence-electron chi connectivity index (χ0n) is 11.1. The van der Waals surface area contributed by atoms with E-state index in [4.69, 9.17) is 0 Å². The molecule has 2 aromatic rings. The lowest BCUT2D eigenvalue weighted by atomic mass is 10.1. The van der Waals surface area contributed by atoms with Crippen LogP contribution in [0.5, 0.6) is 0 Å². The predicted molar refractivity (Wildman–Crippen MR) is 70.5 cm³/mol. The average molecular weight is 245 g/mol. The van der Waals surface area contributed by atoms with E-state index in [0.717, 1.165) is 17.9 Å². The van der Waals surface area contributed by atoms with Crippen molar-refractivity contribution in [2.24, 2.45) is 0 Å². The first kappa shape index (κ1) is 12.7. The summed E-state index contributed by atoms with van der Waals surface area (Å²) in [7, 11) is 0. The summed E-state index contributed by atoms with van der Waals surface area (Å²) in [6.07, 6.45) is 1.01. The Labute approximate surface area is 107 Å². The summed E-state index contributed by atoms with van der Waals surface area (Å²) in [5.74, 6) is 0.831. The van der Waals surface area contributed by atoms with E-state index < -0.39 is 0 Å². The average Bonchev–Trinajstić information content (AvgIpc) is 2.84. The van der Waals surface area contributed by atoms with Gasteiger partial charge in [0.2, 0.25) is 0 Å². The Bertz CT molecular complexity index is 504. The van der Waals surface area contributed by atoms with Gasteiger partial charge in [0.05, 0.1) is 12.2 Å². The molecule has 1 N–H and O–H groups in total. The fourth-order valence-corrected chi connectivity index (χ4v) is 1.72. The van der Waals surface area contributed by atoms with Crippen molar-refractivity contribution in [3.05, 3.63) is 35.7 Å². The molecule has 0 aliphatic rings. The van der Waals surface area contributed by atoms with Crippen molar-refractivity contribution in [1.82, 2.24) is 25.5 Å². The van der Waals surface area contributed by atoms with Crippen LogP contribution in [0.15, 0.2) is 24.3 Å². The van der Waals surface area contributed by atoms with E-state index >= 15 is 0 Å². The normalized spacial score (nSPS) is 11.1. The van der Waals surface area contributed by atoms with Crippen molar-refractivity contribution >= 4 is 0 Å². The lowest BCUT2D eigenvalue weighted by Crippen LogP contribution is -2.24. The number of benzene rings is 1. The van der Waals surface area contributed by atoms with Crippen LogP contribution in [0, 0.1) is 0 Å². The fraction of sp³-hybridized carbons (Fsp3) is 0.462. The van der Waals surface area contributed by atoms with E-state index in [2.05, 4.69) is 53.7 Å². The summed E-state index contributed by atoms with van der Waals surface area (Å²) < 4.78 is 1.79. The number of rotatable bonds is 5. The van der Waals surface area contributed by atoms with E-state index in [0.29, 0.717) is 12.6 Å². The van der Waals surface area contributed by atoms with Crippen LogP contribution in [0.1, 0.15) is 32.2 Å². The fourth-order valence-electron chi connectivity index (χ4n) is 1.72. The minimum atomic E-state index is 0.414. The van der Waals surface area contributed by atoms with Crippen molar-refractivity contribution in [1.29, 1.82) is 0 Å². The van der Waals surface area contributed by atoms with Crippen LogP contribution in [-0.2, 0) is 13.0 Å². The molecule has 0 radical (unpaired) electrons. The number of nitrogens with zero attached hydrogens (tertiary/aromatic N) is 4. The molecule has 5 heteroatoms. The summed E-state index contributed by atoms with van der Waals surface area (Å²) in [5.41, 5.74) is 2.30. The molecule has 1 aromatic carbocycles. The van der Waals surface area contributed by atoms with E-state index in [1.165, 1.54) is 5.56 Å². The Balaban J connectivity index is 2.24. The molecule has 0 amide bonds. The Morgan fingerprint density at radius 1 is 1.33 bits per heavy atom. The van der Waals surface area contributed by atoms with Crippen molar-refractivity contribution < 1.29 is 0 Å². The molecule has 0 saturated carbocycles. The van der Waals surface area contributed by atoms with Gasteiger partial charge in [-0.05, 0) is 34.5 Å². The highest BCUT2D eigenvalue weighted by Gasteiger charge is 2.08. The minimum Gasteiger partial charge on any atom is -0.308 e. The van der Waals surface area contributed by atoms with Gasteiger partial charge in [0.1, 0.15) is 0 Å². The van der Waals surface area contributed by atoms with Crippen LogP contribution in [0.25, 0.3) is 5.69 Å². The molecule has 5 nitrogen and oxygen atoms in total. The highest BCUT2D eigenvalue weighted by Crippen LogP contribution is 2.11. The third kappa shape index (κ3) is 2.92. The van der Waals surface area contributed by atoms with Crippen molar-refractivity contribution in [2.75, 3.05) is 0 Å². The molecule has 1 aromatic heterocycles. The van der Waals surface area contributed by atoms with Gasteiger partial charge in [-0.25, -0.2) is 0 Å². The molecule has 0 aliphatic carbocycles. The van der Waals surface area contributed by atoms with Crippen molar-refractivity contribution in [3.8, 4) is 5.69 Å². The topological polar surface area (TPSA) is 55.6 Å². The number of nitrogens with one attached hydrogen (secondary N) is 1. The van der Waals surface area contributed by atoms with Gasteiger partial charge in [0, 0.05) is 6.04 Å². The van der Waals surface area contributed by atoms with E-state index in [-0.39, 0.29) is 0 Å². The molecule has 0 bridgehead atoms. The van der Waals surface area contributed by atoms with Gasteiger partial charge in [-0.15, -0.1) is 5.10 Å². The molecule has 0 unspecified atom stereocenters. The maximum absolute atomic E-state index is 4.06. The van der Waals surface area contributed by atoms with Gasteiger partial charge >= 0.3 is 0 Å². The Kier molecular flexibility index (Phi) is 4.04. The lowest BCUT2D eigenvalue weighted by Gasteiger charge is -2.09. The molecular weight excluding hydrogens is 226 g/mol. The molecule has 96 valence electrons. The number of aryl methyl sites for hydroxylation is 1. The largest absolute Gasteiger partial charge is 0.308 e. The van der Waals surface area contributed by atoms with Gasteiger partial charge in [0.25, 0.3) is 0 Å². The number of hydrogen-bond acceptors (Lipinski definition) is 4. The van der Waals surface area contributed by atoms with Gasteiger partial charge in [0.15, 0.2) is 5.82 Å². The highest BCUT2D eigenvalue weighted by molar-refractivity contribution is 5.35. The van der Waals surface area contributed by atoms with Gasteiger partial charge in [-0.2, -0.15) is 4.68 Å². The SMILES string of the molecule is CCc1cccc(-n2nnnc2CNC(C)C)c1. The van der Waals surface area contributed by atoms with Crippen LogP contribution in [0.3, 0.4) is 0 Å². The molecule has 0 saturated heterocycles. The second kappa shape index (κ2) is 5.73. The first-order valence-corrected chi connectivity index (χ1v) is 6.30. The zero-order valence-corrected chi connectivity index (χ0v) is 11.1. The molecular formula is C13H19N5. The van der Waals surface area contributed by atoms with E-state index in [1.54, 1.807) is 4.68 Å². The van der Waals surface area contributed by atoms with Crippen LogP contribution in [0.2, 0.25) is 0 Å². The van der Waals surface area contributed by atoms with Gasteiger partial charge < -0.3 is 5.32 Å². The number of aromatic nitrogens is 4. The summed E-state index contributed by atoms with van der Waals surface area (Å²) >= 11 is 0. The second-order valence-electron chi connectivity index (χ2n) is 4.57. The zero-order chi connectivity index (χ0) is 13.0. The van der Waals surface area contributed by atoms with E-state index in [1.807, 2.05) is 12.1 Å². The molecule has 0 atom stereocenters. The third-order valence-electron chi connectivity index (χ3n) is 2.77. The third-order valence-corrected chi connectivity index (χ3v) is 2.77. The smallest absolute Gasteiger partial charge is 0.170 e. The Hall–Kier alpha value is -1.75. The monoisotopic (exact) mass is 245 g/mol. The summed E-state index contributed by atoms with van der Waals surface area (Å²) in [5, 5.41) is 15.2. The Morgan fingerprint density at radius 2 is 2.17 bits per heavy atom. The molecule has 0 fully saturated rings. The summed E-state index contributed by atoms with van der Waals surface area (Å²) in [6, 6.07) is 8.70. The first-order valence-electron chi connectivity index (χ1n) is 6.30. The van der Waals surface area contributed by atoms with Crippen molar-refractivity contribution in [2.45, 2.75) is 39.8 Å². The maximum atomic E-state index is 4.06. The van der Waals surface area contributed by atoms with Crippen LogP contribution in [-0.4, -0.2) is 26.2 Å². The van der Waals surface area contributed by atoms with Crippen LogP contribution < -0.4 is 5.32 Å². The predicted octanol–water partition coefficient (Wildman–Crippen LogP) is 1.72. The van der Waals surface area contributed by atoms with Crippen LogP contribution in [0.4, 0.5) is 0 Å². The number of tetrazole rings is 1. The Morgan fingerprint density at radius 3 is 2.89 bits per heavy atom. The van der Waals surface area contributed by atoms with Crippen molar-refractivity contribution in [3.63, 3.8) is 0 Å². The second-order valence-corrected chi connectivity index (χ2v) is 4.57. The van der Waals surface area contributed by atoms with Gasteiger partial charge in [-0.3, -0.25) is 0 Å². The lowest BCUT2D eigenvalue weighted by molar-refractivity contribution is 0.563. The molecule has 2 rings (SSSR count). The number of hydrogen-bond donors (Lipinski definition) is 1.